The van der Waals surface area contributed by atoms with Gasteiger partial charge in [0.25, 0.3) is 0 Å². The van der Waals surface area contributed by atoms with Crippen molar-refractivity contribution in [3.63, 3.8) is 0 Å². The van der Waals surface area contributed by atoms with Gasteiger partial charge in [-0.05, 0) is 18.2 Å². The molecule has 0 fully saturated rings. The van der Waals surface area contributed by atoms with Crippen LogP contribution in [0.4, 0.5) is 4.79 Å². The molecule has 0 saturated heterocycles. The van der Waals surface area contributed by atoms with E-state index in [4.69, 9.17) is 9.47 Å². The van der Waals surface area contributed by atoms with Crippen molar-refractivity contribution in [2.45, 2.75) is 0 Å². The second-order valence-electron chi connectivity index (χ2n) is 5.98. The number of rotatable bonds is 4. The van der Waals surface area contributed by atoms with E-state index in [0.29, 0.717) is 16.6 Å². The van der Waals surface area contributed by atoms with E-state index >= 15 is 0 Å². The number of amides is 2. The highest BCUT2D eigenvalue weighted by Crippen LogP contribution is 2.27. The molecular weight excluding hydrogens is 376 g/mol. The fourth-order valence-electron chi connectivity index (χ4n) is 3.10. The summed E-state index contributed by atoms with van der Waals surface area (Å²) in [6.07, 6.45) is 0. The van der Waals surface area contributed by atoms with Crippen molar-refractivity contribution < 1.29 is 23.9 Å². The first-order valence-corrected chi connectivity index (χ1v) is 8.51. The lowest BCUT2D eigenvalue weighted by molar-refractivity contribution is 0.0549. The van der Waals surface area contributed by atoms with Gasteiger partial charge in [0, 0.05) is 5.56 Å². The molecule has 0 unspecified atom stereocenters. The van der Waals surface area contributed by atoms with Gasteiger partial charge in [0.2, 0.25) is 0 Å². The summed E-state index contributed by atoms with van der Waals surface area (Å²) in [6, 6.07) is 13.1. The van der Waals surface area contributed by atoms with E-state index < -0.39 is 18.0 Å². The molecule has 29 heavy (non-hydrogen) atoms. The molecule has 0 radical (unpaired) electrons. The third-order valence-corrected chi connectivity index (χ3v) is 4.35. The first-order chi connectivity index (χ1) is 14.0. The van der Waals surface area contributed by atoms with E-state index in [-0.39, 0.29) is 22.3 Å². The summed E-state index contributed by atoms with van der Waals surface area (Å²) >= 11 is 0. The lowest BCUT2D eigenvalue weighted by Crippen LogP contribution is -2.24. The third kappa shape index (κ3) is 2.98. The molecule has 1 aliphatic heterocycles. The molecule has 0 N–H and O–H groups in total. The Morgan fingerprint density at radius 1 is 0.897 bits per heavy atom. The third-order valence-electron chi connectivity index (χ3n) is 4.35. The summed E-state index contributed by atoms with van der Waals surface area (Å²) in [7, 11) is 2.41. The van der Waals surface area contributed by atoms with Crippen LogP contribution in [0.15, 0.2) is 58.5 Å². The van der Waals surface area contributed by atoms with E-state index in [2.05, 4.69) is 15.1 Å². The van der Waals surface area contributed by atoms with E-state index in [1.807, 2.05) is 6.07 Å². The smallest absolute Gasteiger partial charge is 0.368 e. The molecule has 0 saturated carbocycles. The first kappa shape index (κ1) is 18.2. The van der Waals surface area contributed by atoms with Crippen molar-refractivity contribution in [1.29, 1.82) is 0 Å². The van der Waals surface area contributed by atoms with Gasteiger partial charge in [-0.3, -0.25) is 0 Å². The van der Waals surface area contributed by atoms with Crippen molar-refractivity contribution in [1.82, 2.24) is 9.78 Å². The summed E-state index contributed by atoms with van der Waals surface area (Å²) in [5.41, 5.74) is 0.851. The molecule has 9 heteroatoms. The number of fused-ring (bicyclic) bond motifs is 1. The van der Waals surface area contributed by atoms with Crippen molar-refractivity contribution in [2.75, 3.05) is 14.2 Å². The van der Waals surface area contributed by atoms with E-state index in [9.17, 15) is 14.4 Å². The van der Waals surface area contributed by atoms with Crippen molar-refractivity contribution in [2.24, 2.45) is 9.98 Å². The Kier molecular flexibility index (Phi) is 4.47. The fraction of sp³-hybridized carbons (Fsp3) is 0.100. The van der Waals surface area contributed by atoms with Crippen molar-refractivity contribution in [3.8, 4) is 16.9 Å². The summed E-state index contributed by atoms with van der Waals surface area (Å²) in [5, 5.41) is 5.13. The molecule has 2 aromatic carbocycles. The minimum atomic E-state index is -0.776. The quantitative estimate of drug-likeness (QED) is 0.624. The second-order valence-corrected chi connectivity index (χ2v) is 5.98. The zero-order valence-electron chi connectivity index (χ0n) is 15.4. The van der Waals surface area contributed by atoms with Crippen LogP contribution in [0.25, 0.3) is 16.9 Å². The van der Waals surface area contributed by atoms with Gasteiger partial charge in [0.1, 0.15) is 16.6 Å². The van der Waals surface area contributed by atoms with Crippen LogP contribution < -0.4 is 10.7 Å². The Bertz CT molecular complexity index is 1280. The van der Waals surface area contributed by atoms with Crippen LogP contribution >= 0.6 is 0 Å². The number of urea groups is 1. The Morgan fingerprint density at radius 3 is 2.31 bits per heavy atom. The van der Waals surface area contributed by atoms with Crippen molar-refractivity contribution >= 4 is 18.0 Å². The average molecular weight is 390 g/mol. The summed E-state index contributed by atoms with van der Waals surface area (Å²) in [6.45, 7) is 0. The summed E-state index contributed by atoms with van der Waals surface area (Å²) in [4.78, 5) is 44.7. The number of esters is 2. The molecule has 0 atom stereocenters. The predicted octanol–water partition coefficient (Wildman–Crippen LogP) is 1.49. The molecule has 144 valence electrons. The molecule has 2 heterocycles. The summed E-state index contributed by atoms with van der Waals surface area (Å²) in [5.74, 6) is -1.54. The minimum Gasteiger partial charge on any atom is -0.465 e. The number of carbonyl (C=O) groups excluding carboxylic acids is 3. The SMILES string of the molecule is COC(=O)c1c(-c2cccc3c2=NC(=O)N=3)nn(-c2ccccc2)c1C(=O)OC. The second kappa shape index (κ2) is 7.12. The van der Waals surface area contributed by atoms with Gasteiger partial charge in [-0.1, -0.05) is 30.3 Å². The largest absolute Gasteiger partial charge is 0.465 e. The van der Waals surface area contributed by atoms with Gasteiger partial charge in [-0.25, -0.2) is 19.1 Å². The van der Waals surface area contributed by atoms with Crippen LogP contribution in [-0.4, -0.2) is 42.0 Å². The Labute approximate surface area is 163 Å². The highest BCUT2D eigenvalue weighted by atomic mass is 16.5. The van der Waals surface area contributed by atoms with Gasteiger partial charge in [-0.2, -0.15) is 15.1 Å². The molecule has 2 amide bonds. The maximum atomic E-state index is 12.7. The number of nitrogens with zero attached hydrogens (tertiary/aromatic N) is 4. The molecule has 0 spiro atoms. The molecular formula is C20H14N4O5. The standard InChI is InChI=1S/C20H14N4O5/c1-28-18(25)14-16(12-9-6-10-13-15(12)22-20(27)21-13)23-24(17(14)19(26)29-2)11-7-4-3-5-8-11/h3-10H,1-2H3. The van der Waals surface area contributed by atoms with Gasteiger partial charge >= 0.3 is 18.0 Å². The molecule has 1 aromatic heterocycles. The maximum Gasteiger partial charge on any atom is 0.368 e. The number of benzene rings is 2. The molecule has 9 nitrogen and oxygen atoms in total. The minimum absolute atomic E-state index is 0.0915. The van der Waals surface area contributed by atoms with Crippen molar-refractivity contribution in [3.05, 3.63) is 70.5 Å². The van der Waals surface area contributed by atoms with E-state index in [1.165, 1.54) is 18.9 Å². The van der Waals surface area contributed by atoms with Crippen LogP contribution in [0.5, 0.6) is 0 Å². The number of carbonyl (C=O) groups is 3. The van der Waals surface area contributed by atoms with E-state index in [1.54, 1.807) is 42.5 Å². The first-order valence-electron chi connectivity index (χ1n) is 8.51. The average Bonchev–Trinajstić information content (AvgIpc) is 3.33. The van der Waals surface area contributed by atoms with Gasteiger partial charge < -0.3 is 9.47 Å². The molecule has 0 aliphatic carbocycles. The number of hydrogen-bond acceptors (Lipinski definition) is 6. The van der Waals surface area contributed by atoms with E-state index in [0.717, 1.165) is 0 Å². The lowest BCUT2D eigenvalue weighted by atomic mass is 10.0. The van der Waals surface area contributed by atoms with Gasteiger partial charge in [-0.15, -0.1) is 0 Å². The molecule has 4 rings (SSSR count). The maximum absolute atomic E-state index is 12.7. The number of para-hydroxylation sites is 2. The molecule has 0 bridgehead atoms. The predicted molar refractivity (Wildman–Crippen MR) is 99.4 cm³/mol. The van der Waals surface area contributed by atoms with Crippen LogP contribution in [0.1, 0.15) is 20.8 Å². The van der Waals surface area contributed by atoms with Crippen LogP contribution in [-0.2, 0) is 9.47 Å². The number of hydrogen-bond donors (Lipinski definition) is 0. The van der Waals surface area contributed by atoms with Gasteiger partial charge in [0.15, 0.2) is 5.69 Å². The Hall–Kier alpha value is -4.14. The molecule has 1 aliphatic rings. The number of ether oxygens (including phenoxy) is 2. The topological polar surface area (TPSA) is 112 Å². The normalized spacial score (nSPS) is 12.0. The zero-order chi connectivity index (χ0) is 20.5. The number of aromatic nitrogens is 2. The molecule has 3 aromatic rings. The highest BCUT2D eigenvalue weighted by Gasteiger charge is 2.32. The summed E-state index contributed by atoms with van der Waals surface area (Å²) < 4.78 is 11.1. The van der Waals surface area contributed by atoms with Gasteiger partial charge in [0.05, 0.1) is 25.3 Å². The van der Waals surface area contributed by atoms with Crippen LogP contribution in [0, 0.1) is 0 Å². The highest BCUT2D eigenvalue weighted by molar-refractivity contribution is 6.06. The fourth-order valence-corrected chi connectivity index (χ4v) is 3.10. The lowest BCUT2D eigenvalue weighted by Gasteiger charge is -2.07. The Balaban J connectivity index is 2.11. The monoisotopic (exact) mass is 390 g/mol. The Morgan fingerprint density at radius 2 is 1.62 bits per heavy atom. The van der Waals surface area contributed by atoms with Crippen LogP contribution in [0.2, 0.25) is 0 Å². The number of methoxy groups -OCH3 is 2. The van der Waals surface area contributed by atoms with Crippen LogP contribution in [0.3, 0.4) is 0 Å². The zero-order valence-corrected chi connectivity index (χ0v) is 15.4.